The summed E-state index contributed by atoms with van der Waals surface area (Å²) in [4.78, 5) is 0. The molecule has 1 heterocycles. The van der Waals surface area contributed by atoms with Gasteiger partial charge in [0.15, 0.2) is 0 Å². The summed E-state index contributed by atoms with van der Waals surface area (Å²) in [5, 5.41) is 10.4. The molecule has 1 nitrogen and oxygen atoms in total. The zero-order valence-corrected chi connectivity index (χ0v) is 13.0. The van der Waals surface area contributed by atoms with Crippen molar-refractivity contribution in [1.82, 2.24) is 0 Å². The van der Waals surface area contributed by atoms with Gasteiger partial charge in [0, 0.05) is 21.6 Å². The third-order valence-corrected chi connectivity index (χ3v) is 4.68. The van der Waals surface area contributed by atoms with Gasteiger partial charge in [-0.05, 0) is 46.8 Å². The molecule has 0 spiro atoms. The van der Waals surface area contributed by atoms with Crippen LogP contribution < -0.4 is 5.32 Å². The van der Waals surface area contributed by atoms with Crippen LogP contribution in [0.5, 0.6) is 0 Å². The summed E-state index contributed by atoms with van der Waals surface area (Å²) >= 11 is 5.35. The van der Waals surface area contributed by atoms with Crippen molar-refractivity contribution in [1.29, 1.82) is 0 Å². The van der Waals surface area contributed by atoms with Crippen molar-refractivity contribution >= 4 is 43.7 Å². The van der Waals surface area contributed by atoms with Crippen molar-refractivity contribution < 1.29 is 0 Å². The highest BCUT2D eigenvalue weighted by Crippen LogP contribution is 2.32. The maximum absolute atomic E-state index is 3.61. The fourth-order valence-corrected chi connectivity index (χ4v) is 3.46. The summed E-state index contributed by atoms with van der Waals surface area (Å²) in [7, 11) is 0. The van der Waals surface area contributed by atoms with Gasteiger partial charge in [-0.1, -0.05) is 40.2 Å². The van der Waals surface area contributed by atoms with Gasteiger partial charge in [0.05, 0.1) is 0 Å². The maximum atomic E-state index is 3.61. The van der Waals surface area contributed by atoms with E-state index in [0.29, 0.717) is 6.04 Å². The second-order valence-corrected chi connectivity index (χ2v) is 6.20. The molecule has 0 aliphatic rings. The van der Waals surface area contributed by atoms with Crippen LogP contribution in [0.15, 0.2) is 57.7 Å². The number of rotatable bonds is 3. The molecule has 1 aromatic heterocycles. The average molecular weight is 332 g/mol. The molecule has 2 aromatic carbocycles. The summed E-state index contributed by atoms with van der Waals surface area (Å²) in [5.41, 5.74) is 2.51. The van der Waals surface area contributed by atoms with Gasteiger partial charge in [-0.25, -0.2) is 0 Å². The van der Waals surface area contributed by atoms with Gasteiger partial charge in [-0.3, -0.25) is 0 Å². The maximum Gasteiger partial charge on any atom is 0.0494 e. The van der Waals surface area contributed by atoms with E-state index in [-0.39, 0.29) is 0 Å². The van der Waals surface area contributed by atoms with Crippen molar-refractivity contribution in [2.45, 2.75) is 13.0 Å². The number of halogens is 1. The van der Waals surface area contributed by atoms with Crippen LogP contribution in [0.2, 0.25) is 0 Å². The second kappa shape index (κ2) is 5.35. The van der Waals surface area contributed by atoms with Crippen molar-refractivity contribution in [2.24, 2.45) is 0 Å². The molecule has 0 amide bonds. The Bertz CT molecular complexity index is 691. The van der Waals surface area contributed by atoms with Crippen LogP contribution in [-0.4, -0.2) is 0 Å². The first kappa shape index (κ1) is 12.7. The Balaban J connectivity index is 2.00. The smallest absolute Gasteiger partial charge is 0.0494 e. The standard InChI is InChI=1S/C16H14BrNS/c1-11(12-8-9-19-10-12)18-16-7-6-15(17)13-4-2-3-5-14(13)16/h2-11,18H,1H3. The number of hydrogen-bond acceptors (Lipinski definition) is 2. The summed E-state index contributed by atoms with van der Waals surface area (Å²) in [6.07, 6.45) is 0. The minimum atomic E-state index is 0.316. The van der Waals surface area contributed by atoms with Crippen LogP contribution in [0, 0.1) is 0 Å². The number of nitrogens with one attached hydrogen (secondary N) is 1. The number of thiophene rings is 1. The molecule has 1 unspecified atom stereocenters. The lowest BCUT2D eigenvalue weighted by Gasteiger charge is -2.16. The first-order valence-electron chi connectivity index (χ1n) is 6.21. The van der Waals surface area contributed by atoms with Gasteiger partial charge in [0.1, 0.15) is 0 Å². The van der Waals surface area contributed by atoms with Crippen LogP contribution in [0.25, 0.3) is 10.8 Å². The Hall–Kier alpha value is -1.32. The molecule has 96 valence electrons. The van der Waals surface area contributed by atoms with Crippen LogP contribution >= 0.6 is 27.3 Å². The van der Waals surface area contributed by atoms with Gasteiger partial charge in [0.2, 0.25) is 0 Å². The summed E-state index contributed by atoms with van der Waals surface area (Å²) in [6, 6.07) is 15.2. The Morgan fingerprint density at radius 2 is 1.84 bits per heavy atom. The number of anilines is 1. The van der Waals surface area contributed by atoms with Crippen molar-refractivity contribution in [3.63, 3.8) is 0 Å². The van der Waals surface area contributed by atoms with E-state index >= 15 is 0 Å². The monoisotopic (exact) mass is 331 g/mol. The lowest BCUT2D eigenvalue weighted by atomic mass is 10.1. The van der Waals surface area contributed by atoms with Gasteiger partial charge in [0.25, 0.3) is 0 Å². The molecule has 0 radical (unpaired) electrons. The first-order valence-corrected chi connectivity index (χ1v) is 7.95. The molecule has 0 aliphatic carbocycles. The number of hydrogen-bond donors (Lipinski definition) is 1. The van der Waals surface area contributed by atoms with Crippen LogP contribution in [-0.2, 0) is 0 Å². The predicted octanol–water partition coefficient (Wildman–Crippen LogP) is 5.84. The Morgan fingerprint density at radius 1 is 1.05 bits per heavy atom. The minimum Gasteiger partial charge on any atom is -0.378 e. The molecule has 1 N–H and O–H groups in total. The van der Waals surface area contributed by atoms with Crippen LogP contribution in [0.3, 0.4) is 0 Å². The quantitative estimate of drug-likeness (QED) is 0.635. The van der Waals surface area contributed by atoms with Gasteiger partial charge in [-0.15, -0.1) is 0 Å². The second-order valence-electron chi connectivity index (χ2n) is 4.56. The normalized spacial score (nSPS) is 12.5. The molecule has 3 heteroatoms. The molecule has 0 saturated heterocycles. The van der Waals surface area contributed by atoms with E-state index in [4.69, 9.17) is 0 Å². The third-order valence-electron chi connectivity index (χ3n) is 3.29. The van der Waals surface area contributed by atoms with Gasteiger partial charge >= 0.3 is 0 Å². The van der Waals surface area contributed by atoms with E-state index in [1.54, 1.807) is 11.3 Å². The lowest BCUT2D eigenvalue weighted by molar-refractivity contribution is 0.893. The molecular formula is C16H14BrNS. The molecule has 0 fully saturated rings. The van der Waals surface area contributed by atoms with Crippen LogP contribution in [0.1, 0.15) is 18.5 Å². The molecule has 19 heavy (non-hydrogen) atoms. The number of fused-ring (bicyclic) bond motifs is 1. The first-order chi connectivity index (χ1) is 9.25. The van der Waals surface area contributed by atoms with Crippen molar-refractivity contribution in [3.05, 3.63) is 63.3 Å². The fourth-order valence-electron chi connectivity index (χ4n) is 2.23. The van der Waals surface area contributed by atoms with Gasteiger partial charge in [-0.2, -0.15) is 11.3 Å². The topological polar surface area (TPSA) is 12.0 Å². The zero-order chi connectivity index (χ0) is 13.2. The summed E-state index contributed by atoms with van der Waals surface area (Å²) in [5.74, 6) is 0. The largest absolute Gasteiger partial charge is 0.378 e. The molecular weight excluding hydrogens is 318 g/mol. The lowest BCUT2D eigenvalue weighted by Crippen LogP contribution is -2.05. The third kappa shape index (κ3) is 2.53. The fraction of sp³-hybridized carbons (Fsp3) is 0.125. The van der Waals surface area contributed by atoms with Crippen molar-refractivity contribution in [2.75, 3.05) is 5.32 Å². The molecule has 0 aliphatic heterocycles. The van der Waals surface area contributed by atoms with E-state index in [0.717, 1.165) is 4.47 Å². The predicted molar refractivity (Wildman–Crippen MR) is 88.0 cm³/mol. The SMILES string of the molecule is CC(Nc1ccc(Br)c2ccccc12)c1ccsc1. The summed E-state index contributed by atoms with van der Waals surface area (Å²) in [6.45, 7) is 2.19. The molecule has 0 bridgehead atoms. The van der Waals surface area contributed by atoms with E-state index in [2.05, 4.69) is 81.4 Å². The van der Waals surface area contributed by atoms with Crippen molar-refractivity contribution in [3.8, 4) is 0 Å². The molecule has 1 atom stereocenters. The molecule has 0 saturated carbocycles. The van der Waals surface area contributed by atoms with E-state index in [9.17, 15) is 0 Å². The highest BCUT2D eigenvalue weighted by molar-refractivity contribution is 9.10. The van der Waals surface area contributed by atoms with E-state index in [1.807, 2.05) is 0 Å². The average Bonchev–Trinajstić information content (AvgIpc) is 2.96. The summed E-state index contributed by atoms with van der Waals surface area (Å²) < 4.78 is 1.14. The van der Waals surface area contributed by atoms with E-state index in [1.165, 1.54) is 22.0 Å². The molecule has 3 aromatic rings. The zero-order valence-electron chi connectivity index (χ0n) is 10.6. The Labute approximate surface area is 125 Å². The minimum absolute atomic E-state index is 0.316. The Morgan fingerprint density at radius 3 is 2.58 bits per heavy atom. The highest BCUT2D eigenvalue weighted by Gasteiger charge is 2.09. The van der Waals surface area contributed by atoms with Crippen LogP contribution in [0.4, 0.5) is 5.69 Å². The number of benzene rings is 2. The highest BCUT2D eigenvalue weighted by atomic mass is 79.9. The van der Waals surface area contributed by atoms with E-state index < -0.39 is 0 Å². The van der Waals surface area contributed by atoms with Gasteiger partial charge < -0.3 is 5.32 Å². The Kier molecular flexibility index (Phi) is 3.58. The molecule has 3 rings (SSSR count).